The van der Waals surface area contributed by atoms with E-state index in [0.717, 1.165) is 17.7 Å². The Hall–Kier alpha value is -1.59. The molecule has 0 bridgehead atoms. The Morgan fingerprint density at radius 1 is 1.33 bits per heavy atom. The van der Waals surface area contributed by atoms with E-state index in [9.17, 15) is 9.90 Å². The average Bonchev–Trinajstić information content (AvgIpc) is 2.65. The Kier molecular flexibility index (Phi) is 6.63. The molecule has 0 radical (unpaired) electrons. The lowest BCUT2D eigenvalue weighted by Gasteiger charge is -2.38. The van der Waals surface area contributed by atoms with Crippen LogP contribution < -0.4 is 10.1 Å². The maximum atomic E-state index is 13.2. The molecule has 5 heteroatoms. The van der Waals surface area contributed by atoms with Gasteiger partial charge in [-0.1, -0.05) is 32.4 Å². The Bertz CT molecular complexity index is 523. The summed E-state index contributed by atoms with van der Waals surface area (Å²) in [5.74, 6) is 0.983. The van der Waals surface area contributed by atoms with Gasteiger partial charge in [-0.3, -0.25) is 4.79 Å². The van der Waals surface area contributed by atoms with Crippen molar-refractivity contribution in [2.75, 3.05) is 26.9 Å². The predicted molar refractivity (Wildman–Crippen MR) is 93.2 cm³/mol. The lowest BCUT2D eigenvalue weighted by atomic mass is 9.73. The molecule has 2 rings (SSSR count). The first-order chi connectivity index (χ1) is 11.6. The van der Waals surface area contributed by atoms with Gasteiger partial charge in [-0.15, -0.1) is 0 Å². The van der Waals surface area contributed by atoms with Crippen molar-refractivity contribution < 1.29 is 19.4 Å². The van der Waals surface area contributed by atoms with E-state index in [1.54, 1.807) is 7.11 Å². The summed E-state index contributed by atoms with van der Waals surface area (Å²) in [5, 5.41) is 12.7. The van der Waals surface area contributed by atoms with Crippen LogP contribution in [0.15, 0.2) is 24.3 Å². The number of aliphatic hydroxyl groups excluding tert-OH is 1. The van der Waals surface area contributed by atoms with E-state index >= 15 is 0 Å². The number of nitrogens with one attached hydrogen (secondary N) is 1. The van der Waals surface area contributed by atoms with Crippen molar-refractivity contribution in [3.8, 4) is 5.75 Å². The zero-order chi connectivity index (χ0) is 17.6. The lowest BCUT2D eigenvalue weighted by Crippen LogP contribution is -2.53. The smallest absolute Gasteiger partial charge is 0.231 e. The summed E-state index contributed by atoms with van der Waals surface area (Å²) in [7, 11) is 1.63. The molecule has 2 atom stereocenters. The van der Waals surface area contributed by atoms with Crippen LogP contribution in [0.25, 0.3) is 0 Å². The highest BCUT2D eigenvalue weighted by molar-refractivity contribution is 5.88. The quantitative estimate of drug-likeness (QED) is 0.802. The third kappa shape index (κ3) is 3.90. The van der Waals surface area contributed by atoms with Crippen LogP contribution in [0.5, 0.6) is 5.75 Å². The van der Waals surface area contributed by atoms with Crippen molar-refractivity contribution >= 4 is 5.91 Å². The number of carbonyl (C=O) groups is 1. The molecule has 1 heterocycles. The second-order valence-electron chi connectivity index (χ2n) is 6.57. The molecule has 1 fully saturated rings. The van der Waals surface area contributed by atoms with E-state index in [2.05, 4.69) is 12.2 Å². The molecule has 0 aromatic heterocycles. The molecule has 134 valence electrons. The summed E-state index contributed by atoms with van der Waals surface area (Å²) in [4.78, 5) is 13.2. The minimum Gasteiger partial charge on any atom is -0.497 e. The van der Waals surface area contributed by atoms with Gasteiger partial charge in [0.1, 0.15) is 5.75 Å². The molecule has 0 saturated carbocycles. The Morgan fingerprint density at radius 2 is 1.96 bits per heavy atom. The van der Waals surface area contributed by atoms with Gasteiger partial charge in [0.2, 0.25) is 5.91 Å². The monoisotopic (exact) mass is 335 g/mol. The van der Waals surface area contributed by atoms with E-state index in [4.69, 9.17) is 9.47 Å². The number of hydrogen-bond acceptors (Lipinski definition) is 4. The van der Waals surface area contributed by atoms with E-state index in [1.165, 1.54) is 0 Å². The van der Waals surface area contributed by atoms with Gasteiger partial charge in [0.05, 0.1) is 25.2 Å². The summed E-state index contributed by atoms with van der Waals surface area (Å²) >= 11 is 0. The molecule has 24 heavy (non-hydrogen) atoms. The molecule has 0 spiro atoms. The van der Waals surface area contributed by atoms with Gasteiger partial charge in [0.25, 0.3) is 0 Å². The van der Waals surface area contributed by atoms with Crippen molar-refractivity contribution in [3.63, 3.8) is 0 Å². The van der Waals surface area contributed by atoms with Gasteiger partial charge in [-0.2, -0.15) is 0 Å². The summed E-state index contributed by atoms with van der Waals surface area (Å²) < 4.78 is 10.7. The number of rotatable bonds is 7. The van der Waals surface area contributed by atoms with E-state index in [0.29, 0.717) is 26.1 Å². The van der Waals surface area contributed by atoms with Crippen molar-refractivity contribution in [1.29, 1.82) is 0 Å². The number of carbonyl (C=O) groups excluding carboxylic acids is 1. The summed E-state index contributed by atoms with van der Waals surface area (Å²) in [6.07, 6.45) is 2.19. The zero-order valence-electron chi connectivity index (χ0n) is 14.9. The first kappa shape index (κ1) is 18.7. The molecule has 1 aromatic carbocycles. The minimum absolute atomic E-state index is 0.0182. The van der Waals surface area contributed by atoms with Gasteiger partial charge >= 0.3 is 0 Å². The first-order valence-corrected chi connectivity index (χ1v) is 8.71. The molecule has 2 N–H and O–H groups in total. The summed E-state index contributed by atoms with van der Waals surface area (Å²) in [6, 6.07) is 7.47. The maximum Gasteiger partial charge on any atom is 0.231 e. The van der Waals surface area contributed by atoms with E-state index in [1.807, 2.05) is 31.2 Å². The zero-order valence-corrected chi connectivity index (χ0v) is 14.9. The molecule has 0 unspecified atom stereocenters. The van der Waals surface area contributed by atoms with Crippen molar-refractivity contribution in [1.82, 2.24) is 5.32 Å². The number of aliphatic hydroxyl groups is 1. The molecular formula is C19H29NO4. The number of hydrogen-bond donors (Lipinski definition) is 2. The SMILES string of the molecule is CC[C@@H](C)[C@@H](CO)NC(=O)C1(c2ccc(OC)cc2)CCOCC1. The van der Waals surface area contributed by atoms with Crippen molar-refractivity contribution in [2.45, 2.75) is 44.6 Å². The standard InChI is InChI=1S/C19H29NO4/c1-4-14(2)17(13-21)20-18(22)19(9-11-24-12-10-19)15-5-7-16(23-3)8-6-15/h5-8,14,17,21H,4,9-13H2,1-3H3,(H,20,22)/t14-,17-/m1/s1. The number of methoxy groups -OCH3 is 1. The van der Waals surface area contributed by atoms with Gasteiger partial charge in [-0.25, -0.2) is 0 Å². The number of amides is 1. The van der Waals surface area contributed by atoms with Crippen LogP contribution in [-0.4, -0.2) is 44.0 Å². The summed E-state index contributed by atoms with van der Waals surface area (Å²) in [6.45, 7) is 5.19. The fourth-order valence-electron chi connectivity index (χ4n) is 3.24. The van der Waals surface area contributed by atoms with Crippen LogP contribution in [0.2, 0.25) is 0 Å². The van der Waals surface area contributed by atoms with Crippen LogP contribution in [0.3, 0.4) is 0 Å². The first-order valence-electron chi connectivity index (χ1n) is 8.71. The van der Waals surface area contributed by atoms with E-state index in [-0.39, 0.29) is 24.5 Å². The van der Waals surface area contributed by atoms with Crippen LogP contribution in [0, 0.1) is 5.92 Å². The van der Waals surface area contributed by atoms with Crippen LogP contribution >= 0.6 is 0 Å². The summed E-state index contributed by atoms with van der Waals surface area (Å²) in [5.41, 5.74) is 0.371. The Morgan fingerprint density at radius 3 is 2.46 bits per heavy atom. The molecular weight excluding hydrogens is 306 g/mol. The van der Waals surface area contributed by atoms with Crippen LogP contribution in [0.4, 0.5) is 0 Å². The van der Waals surface area contributed by atoms with E-state index < -0.39 is 5.41 Å². The molecule has 1 aliphatic rings. The Balaban J connectivity index is 2.27. The fraction of sp³-hybridized carbons (Fsp3) is 0.632. The highest BCUT2D eigenvalue weighted by Gasteiger charge is 2.42. The Labute approximate surface area is 144 Å². The fourth-order valence-corrected chi connectivity index (χ4v) is 3.24. The second kappa shape index (κ2) is 8.49. The molecule has 1 aromatic rings. The highest BCUT2D eigenvalue weighted by atomic mass is 16.5. The lowest BCUT2D eigenvalue weighted by molar-refractivity contribution is -0.132. The average molecular weight is 335 g/mol. The van der Waals surface area contributed by atoms with Crippen LogP contribution in [-0.2, 0) is 14.9 Å². The maximum absolute atomic E-state index is 13.2. The topological polar surface area (TPSA) is 67.8 Å². The minimum atomic E-state index is -0.606. The third-order valence-electron chi connectivity index (χ3n) is 5.27. The van der Waals surface area contributed by atoms with Gasteiger partial charge < -0.3 is 19.9 Å². The van der Waals surface area contributed by atoms with Gasteiger partial charge in [0.15, 0.2) is 0 Å². The molecule has 0 aliphatic carbocycles. The molecule has 1 amide bonds. The normalized spacial score (nSPS) is 19.3. The molecule has 1 saturated heterocycles. The van der Waals surface area contributed by atoms with Crippen molar-refractivity contribution in [2.24, 2.45) is 5.92 Å². The second-order valence-corrected chi connectivity index (χ2v) is 6.57. The third-order valence-corrected chi connectivity index (χ3v) is 5.27. The van der Waals surface area contributed by atoms with Gasteiger partial charge in [0, 0.05) is 13.2 Å². The molecule has 1 aliphatic heterocycles. The number of benzene rings is 1. The molecule has 5 nitrogen and oxygen atoms in total. The van der Waals surface area contributed by atoms with Crippen LogP contribution in [0.1, 0.15) is 38.7 Å². The van der Waals surface area contributed by atoms with Crippen molar-refractivity contribution in [3.05, 3.63) is 29.8 Å². The predicted octanol–water partition coefficient (Wildman–Crippen LogP) is 2.27. The number of ether oxygens (including phenoxy) is 2. The largest absolute Gasteiger partial charge is 0.497 e. The van der Waals surface area contributed by atoms with Gasteiger partial charge in [-0.05, 0) is 36.5 Å². The highest BCUT2D eigenvalue weighted by Crippen LogP contribution is 2.36.